The number of fused-ring (bicyclic) bond motifs is 2. The first kappa shape index (κ1) is 17.9. The number of carbonyl (C=O) groups is 1. The van der Waals surface area contributed by atoms with E-state index >= 15 is 0 Å². The van der Waals surface area contributed by atoms with Gasteiger partial charge in [-0.15, -0.1) is 0 Å². The minimum absolute atomic E-state index is 0.0625. The standard InChI is InChI=1S/C19H26N6O2/c1-3-23(4-2)16(26)15-14-25-13-10-20-17(25)19(27-15)6-11-24(12-7-19)18-21-8-5-9-22-18/h5,8-10,13,15H,3-4,6-7,11-12,14H2,1-2H3. The van der Waals surface area contributed by atoms with E-state index in [1.54, 1.807) is 18.6 Å². The quantitative estimate of drug-likeness (QED) is 0.811. The molecule has 1 amide bonds. The van der Waals surface area contributed by atoms with Crippen molar-refractivity contribution in [3.63, 3.8) is 0 Å². The van der Waals surface area contributed by atoms with Crippen molar-refractivity contribution in [3.8, 4) is 0 Å². The topological polar surface area (TPSA) is 76.4 Å². The Bertz CT molecular complexity index is 781. The number of nitrogens with zero attached hydrogens (tertiary/aromatic N) is 6. The predicted octanol–water partition coefficient (Wildman–Crippen LogP) is 1.44. The van der Waals surface area contributed by atoms with Gasteiger partial charge in [0.1, 0.15) is 11.4 Å². The highest BCUT2D eigenvalue weighted by molar-refractivity contribution is 5.81. The van der Waals surface area contributed by atoms with E-state index in [-0.39, 0.29) is 5.91 Å². The number of carbonyl (C=O) groups excluding carboxylic acids is 1. The highest BCUT2D eigenvalue weighted by atomic mass is 16.5. The monoisotopic (exact) mass is 370 g/mol. The second-order valence-corrected chi connectivity index (χ2v) is 7.05. The number of hydrogen-bond donors (Lipinski definition) is 0. The Morgan fingerprint density at radius 1 is 1.19 bits per heavy atom. The van der Waals surface area contributed by atoms with E-state index in [0.717, 1.165) is 37.7 Å². The number of likely N-dealkylation sites (N-methyl/N-ethyl adjacent to an activating group) is 1. The molecule has 0 radical (unpaired) electrons. The minimum atomic E-state index is -0.527. The van der Waals surface area contributed by atoms with Crippen LogP contribution in [-0.2, 0) is 21.7 Å². The van der Waals surface area contributed by atoms with E-state index in [9.17, 15) is 4.79 Å². The molecule has 1 saturated heterocycles. The van der Waals surface area contributed by atoms with Crippen molar-refractivity contribution in [2.24, 2.45) is 0 Å². The van der Waals surface area contributed by atoms with Crippen LogP contribution in [-0.4, -0.2) is 62.6 Å². The summed E-state index contributed by atoms with van der Waals surface area (Å²) in [7, 11) is 0. The molecule has 1 spiro atoms. The molecule has 4 heterocycles. The molecule has 0 aliphatic carbocycles. The van der Waals surface area contributed by atoms with E-state index < -0.39 is 11.7 Å². The lowest BCUT2D eigenvalue weighted by Gasteiger charge is -2.46. The maximum Gasteiger partial charge on any atom is 0.253 e. The molecule has 8 nitrogen and oxygen atoms in total. The maximum absolute atomic E-state index is 12.9. The summed E-state index contributed by atoms with van der Waals surface area (Å²) in [6, 6.07) is 1.82. The van der Waals surface area contributed by atoms with E-state index in [4.69, 9.17) is 4.74 Å². The summed E-state index contributed by atoms with van der Waals surface area (Å²) in [5.74, 6) is 1.73. The van der Waals surface area contributed by atoms with E-state index in [1.807, 2.05) is 31.0 Å². The van der Waals surface area contributed by atoms with Gasteiger partial charge in [-0.3, -0.25) is 4.79 Å². The van der Waals surface area contributed by atoms with Crippen molar-refractivity contribution in [1.29, 1.82) is 0 Å². The van der Waals surface area contributed by atoms with Crippen LogP contribution in [0.5, 0.6) is 0 Å². The van der Waals surface area contributed by atoms with E-state index in [1.165, 1.54) is 0 Å². The van der Waals surface area contributed by atoms with Gasteiger partial charge in [0.05, 0.1) is 6.54 Å². The molecule has 0 aromatic carbocycles. The number of ether oxygens (including phenoxy) is 1. The second-order valence-electron chi connectivity index (χ2n) is 7.05. The normalized spacial score (nSPS) is 21.1. The Hall–Kier alpha value is -2.48. The summed E-state index contributed by atoms with van der Waals surface area (Å²) in [6.45, 7) is 7.45. The summed E-state index contributed by atoms with van der Waals surface area (Å²) in [6.07, 6.45) is 8.32. The Labute approximate surface area is 159 Å². The van der Waals surface area contributed by atoms with Crippen LogP contribution < -0.4 is 4.90 Å². The van der Waals surface area contributed by atoms with Crippen LogP contribution in [0.4, 0.5) is 5.95 Å². The van der Waals surface area contributed by atoms with Gasteiger partial charge >= 0.3 is 0 Å². The van der Waals surface area contributed by atoms with Gasteiger partial charge in [-0.25, -0.2) is 15.0 Å². The van der Waals surface area contributed by atoms with Gasteiger partial charge in [0.25, 0.3) is 5.91 Å². The van der Waals surface area contributed by atoms with E-state index in [2.05, 4.69) is 24.4 Å². The number of aromatic nitrogens is 4. The molecule has 27 heavy (non-hydrogen) atoms. The molecule has 2 aliphatic rings. The third kappa shape index (κ3) is 3.18. The largest absolute Gasteiger partial charge is 0.352 e. The van der Waals surface area contributed by atoms with Gasteiger partial charge in [-0.2, -0.15) is 0 Å². The highest BCUT2D eigenvalue weighted by Crippen LogP contribution is 2.40. The van der Waals surface area contributed by atoms with Crippen molar-refractivity contribution in [3.05, 3.63) is 36.7 Å². The molecular weight excluding hydrogens is 344 g/mol. The lowest BCUT2D eigenvalue weighted by molar-refractivity contribution is -0.175. The molecule has 8 heteroatoms. The number of imidazole rings is 1. The molecule has 2 aromatic rings. The first-order valence-electron chi connectivity index (χ1n) is 9.67. The molecule has 144 valence electrons. The van der Waals surface area contributed by atoms with Gasteiger partial charge in [0, 0.05) is 63.8 Å². The number of anilines is 1. The molecule has 1 unspecified atom stereocenters. The van der Waals surface area contributed by atoms with Gasteiger partial charge in [0.15, 0.2) is 6.10 Å². The molecular formula is C19H26N6O2. The summed E-state index contributed by atoms with van der Waals surface area (Å²) in [4.78, 5) is 30.2. The first-order chi connectivity index (χ1) is 13.2. The zero-order valence-corrected chi connectivity index (χ0v) is 15.9. The molecule has 2 aliphatic heterocycles. The molecule has 1 atom stereocenters. The Morgan fingerprint density at radius 3 is 2.56 bits per heavy atom. The fraction of sp³-hybridized carbons (Fsp3) is 0.579. The fourth-order valence-corrected chi connectivity index (χ4v) is 4.13. The number of amides is 1. The highest BCUT2D eigenvalue weighted by Gasteiger charge is 2.47. The first-order valence-corrected chi connectivity index (χ1v) is 9.67. The Morgan fingerprint density at radius 2 is 1.89 bits per heavy atom. The Kier molecular flexibility index (Phi) is 4.82. The number of piperidine rings is 1. The van der Waals surface area contributed by atoms with Crippen LogP contribution in [0.15, 0.2) is 30.9 Å². The van der Waals surface area contributed by atoms with Crippen LogP contribution in [0.25, 0.3) is 0 Å². The molecule has 0 N–H and O–H groups in total. The lowest BCUT2D eigenvalue weighted by atomic mass is 9.88. The molecule has 0 saturated carbocycles. The summed E-state index contributed by atoms with van der Waals surface area (Å²) in [5.41, 5.74) is -0.527. The van der Waals surface area contributed by atoms with Crippen LogP contribution in [0.1, 0.15) is 32.5 Å². The van der Waals surface area contributed by atoms with Gasteiger partial charge < -0.3 is 19.1 Å². The van der Waals surface area contributed by atoms with Crippen LogP contribution in [0, 0.1) is 0 Å². The van der Waals surface area contributed by atoms with Crippen molar-refractivity contribution in [1.82, 2.24) is 24.4 Å². The fourth-order valence-electron chi connectivity index (χ4n) is 4.13. The second kappa shape index (κ2) is 7.26. The van der Waals surface area contributed by atoms with Crippen molar-refractivity contribution >= 4 is 11.9 Å². The van der Waals surface area contributed by atoms with Gasteiger partial charge in [0.2, 0.25) is 5.95 Å². The molecule has 0 bridgehead atoms. The van der Waals surface area contributed by atoms with Gasteiger partial charge in [-0.05, 0) is 19.9 Å². The average Bonchev–Trinajstić information content (AvgIpc) is 3.20. The zero-order chi connectivity index (χ0) is 18.9. The molecule has 4 rings (SSSR count). The maximum atomic E-state index is 12.9. The predicted molar refractivity (Wildman–Crippen MR) is 100 cm³/mol. The number of hydrogen-bond acceptors (Lipinski definition) is 6. The van der Waals surface area contributed by atoms with Crippen LogP contribution in [0.2, 0.25) is 0 Å². The average molecular weight is 370 g/mol. The number of rotatable bonds is 4. The summed E-state index contributed by atoms with van der Waals surface area (Å²) in [5, 5.41) is 0. The van der Waals surface area contributed by atoms with Crippen molar-refractivity contribution < 1.29 is 9.53 Å². The lowest BCUT2D eigenvalue weighted by Crippen LogP contribution is -2.54. The SMILES string of the molecule is CCN(CC)C(=O)C1Cn2ccnc2C2(CCN(c3ncccn3)CC2)O1. The Balaban J connectivity index is 1.56. The molecule has 1 fully saturated rings. The third-order valence-corrected chi connectivity index (χ3v) is 5.61. The van der Waals surface area contributed by atoms with E-state index in [0.29, 0.717) is 19.6 Å². The summed E-state index contributed by atoms with van der Waals surface area (Å²) >= 11 is 0. The minimum Gasteiger partial charge on any atom is -0.352 e. The van der Waals surface area contributed by atoms with Crippen LogP contribution in [0.3, 0.4) is 0 Å². The van der Waals surface area contributed by atoms with Gasteiger partial charge in [-0.1, -0.05) is 0 Å². The van der Waals surface area contributed by atoms with Crippen molar-refractivity contribution in [2.75, 3.05) is 31.1 Å². The third-order valence-electron chi connectivity index (χ3n) is 5.61. The molecule has 2 aromatic heterocycles. The van der Waals surface area contributed by atoms with Crippen LogP contribution >= 0.6 is 0 Å². The van der Waals surface area contributed by atoms with Crippen molar-refractivity contribution in [2.45, 2.75) is 44.9 Å². The zero-order valence-electron chi connectivity index (χ0n) is 15.9. The smallest absolute Gasteiger partial charge is 0.253 e. The summed E-state index contributed by atoms with van der Waals surface area (Å²) < 4.78 is 8.58.